The van der Waals surface area contributed by atoms with Crippen molar-refractivity contribution in [2.45, 2.75) is 33.2 Å². The van der Waals surface area contributed by atoms with Crippen molar-refractivity contribution < 1.29 is 9.53 Å². The van der Waals surface area contributed by atoms with E-state index in [1.165, 1.54) is 6.33 Å². The lowest BCUT2D eigenvalue weighted by Gasteiger charge is -2.40. The molecule has 2 aliphatic rings. The number of ether oxygens (including phenoxy) is 1. The van der Waals surface area contributed by atoms with Gasteiger partial charge in [0.05, 0.1) is 18.6 Å². The molecule has 0 saturated carbocycles. The van der Waals surface area contributed by atoms with Crippen molar-refractivity contribution in [3.05, 3.63) is 47.9 Å². The molecular formula is C19H22N4O2. The van der Waals surface area contributed by atoms with Gasteiger partial charge in [0.25, 0.3) is 0 Å². The first-order valence-corrected chi connectivity index (χ1v) is 8.63. The monoisotopic (exact) mass is 338 g/mol. The molecule has 1 aliphatic heterocycles. The third-order valence-electron chi connectivity index (χ3n) is 4.80. The van der Waals surface area contributed by atoms with Crippen molar-refractivity contribution >= 4 is 11.7 Å². The molecule has 0 saturated heterocycles. The number of anilines is 1. The van der Waals surface area contributed by atoms with Crippen molar-refractivity contribution in [3.8, 4) is 5.75 Å². The number of hydrogen-bond acceptors (Lipinski definition) is 5. The van der Waals surface area contributed by atoms with Crippen LogP contribution in [0.3, 0.4) is 0 Å². The topological polar surface area (TPSA) is 69.0 Å². The number of benzene rings is 1. The van der Waals surface area contributed by atoms with Gasteiger partial charge in [0, 0.05) is 12.1 Å². The maximum absolute atomic E-state index is 13.0. The maximum Gasteiger partial charge on any atom is 0.226 e. The second kappa shape index (κ2) is 5.72. The molecule has 6 heteroatoms. The summed E-state index contributed by atoms with van der Waals surface area (Å²) in [5.41, 5.74) is 1.81. The first-order valence-electron chi connectivity index (χ1n) is 8.63. The van der Waals surface area contributed by atoms with E-state index in [4.69, 9.17) is 4.74 Å². The number of carbonyl (C=O) groups excluding carboxylic acids is 1. The van der Waals surface area contributed by atoms with Gasteiger partial charge in [-0.2, -0.15) is 10.1 Å². The van der Waals surface area contributed by atoms with Gasteiger partial charge >= 0.3 is 0 Å². The minimum absolute atomic E-state index is 0.151. The van der Waals surface area contributed by atoms with Crippen LogP contribution in [0.1, 0.15) is 38.8 Å². The number of ketones is 1. The number of nitrogens with one attached hydrogen (secondary N) is 1. The molecule has 1 N–H and O–H groups in total. The van der Waals surface area contributed by atoms with Crippen molar-refractivity contribution in [2.24, 2.45) is 11.3 Å². The van der Waals surface area contributed by atoms with Gasteiger partial charge in [-0.25, -0.2) is 4.68 Å². The summed E-state index contributed by atoms with van der Waals surface area (Å²) < 4.78 is 7.35. The quantitative estimate of drug-likeness (QED) is 0.931. The first kappa shape index (κ1) is 15.9. The zero-order valence-electron chi connectivity index (χ0n) is 14.7. The molecule has 25 heavy (non-hydrogen) atoms. The van der Waals surface area contributed by atoms with Crippen LogP contribution < -0.4 is 10.1 Å². The van der Waals surface area contributed by atoms with Gasteiger partial charge in [-0.05, 0) is 30.0 Å². The molecule has 0 spiro atoms. The highest BCUT2D eigenvalue weighted by molar-refractivity contribution is 5.88. The summed E-state index contributed by atoms with van der Waals surface area (Å²) in [6.45, 7) is 6.76. The fourth-order valence-corrected chi connectivity index (χ4v) is 3.83. The number of hydrogen-bond donors (Lipinski definition) is 1. The molecule has 0 amide bonds. The standard InChI is InChI=1S/C19H22N4O2/c1-4-25-13-7-5-12(6-8-13)17-16-14(9-19(2,3)10-15(16)24)22-18-20-11-21-23(17)18/h5-9,11,16-17H,4,10H2,1-3H3,(H,20,21,22). The molecule has 0 radical (unpaired) electrons. The Morgan fingerprint density at radius 2 is 2.08 bits per heavy atom. The Hall–Kier alpha value is -2.63. The van der Waals surface area contributed by atoms with Crippen LogP contribution in [0.2, 0.25) is 0 Å². The van der Waals surface area contributed by atoms with E-state index in [9.17, 15) is 4.79 Å². The van der Waals surface area contributed by atoms with Crippen LogP contribution in [0.25, 0.3) is 0 Å². The molecule has 1 aromatic carbocycles. The number of fused-ring (bicyclic) bond motifs is 2. The summed E-state index contributed by atoms with van der Waals surface area (Å²) in [5, 5.41) is 7.67. The maximum atomic E-state index is 13.0. The van der Waals surface area contributed by atoms with Crippen molar-refractivity contribution in [1.82, 2.24) is 14.8 Å². The zero-order chi connectivity index (χ0) is 17.6. The lowest BCUT2D eigenvalue weighted by molar-refractivity contribution is -0.125. The Balaban J connectivity index is 1.81. The SMILES string of the molecule is CCOc1ccc(C2C3C(=O)CC(C)(C)C=C3Nc3ncnn32)cc1. The summed E-state index contributed by atoms with van der Waals surface area (Å²) in [4.78, 5) is 17.3. The van der Waals surface area contributed by atoms with E-state index in [1.54, 1.807) is 0 Å². The Morgan fingerprint density at radius 3 is 2.80 bits per heavy atom. The van der Waals surface area contributed by atoms with E-state index in [1.807, 2.05) is 35.9 Å². The van der Waals surface area contributed by atoms with Crippen LogP contribution >= 0.6 is 0 Å². The van der Waals surface area contributed by atoms with Crippen LogP contribution in [0.5, 0.6) is 5.75 Å². The number of aromatic nitrogens is 3. The molecule has 0 fully saturated rings. The number of rotatable bonds is 3. The highest BCUT2D eigenvalue weighted by Gasteiger charge is 2.44. The molecule has 6 nitrogen and oxygen atoms in total. The average molecular weight is 338 g/mol. The van der Waals surface area contributed by atoms with E-state index in [0.717, 1.165) is 17.0 Å². The zero-order valence-corrected chi connectivity index (χ0v) is 14.7. The van der Waals surface area contributed by atoms with Crippen molar-refractivity contribution in [1.29, 1.82) is 0 Å². The van der Waals surface area contributed by atoms with E-state index in [-0.39, 0.29) is 23.2 Å². The van der Waals surface area contributed by atoms with Crippen LogP contribution in [-0.2, 0) is 4.79 Å². The molecular weight excluding hydrogens is 316 g/mol. The van der Waals surface area contributed by atoms with Crippen LogP contribution in [0, 0.1) is 11.3 Å². The summed E-state index contributed by atoms with van der Waals surface area (Å²) >= 11 is 0. The minimum Gasteiger partial charge on any atom is -0.494 e. The number of nitrogens with zero attached hydrogens (tertiary/aromatic N) is 3. The number of Topliss-reactive ketones (excluding diaryl/α,β-unsaturated/α-hetero) is 1. The second-order valence-corrected chi connectivity index (χ2v) is 7.31. The third kappa shape index (κ3) is 2.71. The molecule has 2 atom stereocenters. The van der Waals surface area contributed by atoms with E-state index in [2.05, 4.69) is 35.3 Å². The Kier molecular flexibility index (Phi) is 3.63. The fraction of sp³-hybridized carbons (Fsp3) is 0.421. The molecule has 2 unspecified atom stereocenters. The van der Waals surface area contributed by atoms with Gasteiger partial charge in [-0.3, -0.25) is 4.79 Å². The molecule has 130 valence electrons. The first-order chi connectivity index (χ1) is 12.0. The predicted octanol–water partition coefficient (Wildman–Crippen LogP) is 3.19. The molecule has 2 heterocycles. The molecule has 1 aliphatic carbocycles. The van der Waals surface area contributed by atoms with Gasteiger partial charge in [-0.1, -0.05) is 32.1 Å². The molecule has 2 aromatic rings. The third-order valence-corrected chi connectivity index (χ3v) is 4.80. The largest absolute Gasteiger partial charge is 0.494 e. The predicted molar refractivity (Wildman–Crippen MR) is 94.4 cm³/mol. The van der Waals surface area contributed by atoms with E-state index < -0.39 is 0 Å². The Bertz CT molecular complexity index is 835. The van der Waals surface area contributed by atoms with Crippen molar-refractivity contribution in [2.75, 3.05) is 11.9 Å². The summed E-state index contributed by atoms with van der Waals surface area (Å²) in [7, 11) is 0. The van der Waals surface area contributed by atoms with Gasteiger partial charge < -0.3 is 10.1 Å². The molecule has 1 aromatic heterocycles. The van der Waals surface area contributed by atoms with E-state index in [0.29, 0.717) is 19.0 Å². The average Bonchev–Trinajstić information content (AvgIpc) is 3.01. The smallest absolute Gasteiger partial charge is 0.226 e. The van der Waals surface area contributed by atoms with Crippen LogP contribution in [0.15, 0.2) is 42.4 Å². The Morgan fingerprint density at radius 1 is 1.32 bits per heavy atom. The lowest BCUT2D eigenvalue weighted by Crippen LogP contribution is -2.42. The summed E-state index contributed by atoms with van der Waals surface area (Å²) in [6.07, 6.45) is 4.22. The normalized spacial score (nSPS) is 24.0. The van der Waals surface area contributed by atoms with Crippen molar-refractivity contribution in [3.63, 3.8) is 0 Å². The van der Waals surface area contributed by atoms with Gasteiger partial charge in [-0.15, -0.1) is 0 Å². The fourth-order valence-electron chi connectivity index (χ4n) is 3.83. The molecule has 0 bridgehead atoms. The lowest BCUT2D eigenvalue weighted by atomic mass is 9.72. The number of carbonyl (C=O) groups is 1. The van der Waals surface area contributed by atoms with Gasteiger partial charge in [0.1, 0.15) is 17.9 Å². The van der Waals surface area contributed by atoms with Gasteiger partial charge in [0.15, 0.2) is 0 Å². The summed E-state index contributed by atoms with van der Waals surface area (Å²) in [6, 6.07) is 7.72. The van der Waals surface area contributed by atoms with E-state index >= 15 is 0 Å². The highest BCUT2D eigenvalue weighted by atomic mass is 16.5. The van der Waals surface area contributed by atoms with Crippen LogP contribution in [-0.4, -0.2) is 27.2 Å². The summed E-state index contributed by atoms with van der Waals surface area (Å²) in [5.74, 6) is 1.47. The van der Waals surface area contributed by atoms with Crippen LogP contribution in [0.4, 0.5) is 5.95 Å². The van der Waals surface area contributed by atoms with Gasteiger partial charge in [0.2, 0.25) is 5.95 Å². The number of allylic oxidation sites excluding steroid dienone is 2. The minimum atomic E-state index is -0.264. The second-order valence-electron chi connectivity index (χ2n) is 7.31. The Labute approximate surface area is 146 Å². The highest BCUT2D eigenvalue weighted by Crippen LogP contribution is 2.45. The molecule has 4 rings (SSSR count).